The highest BCUT2D eigenvalue weighted by molar-refractivity contribution is 8.00. The van der Waals surface area contributed by atoms with Crippen molar-refractivity contribution >= 4 is 33.4 Å². The SMILES string of the molecule is Cc1cc(S(N)(=O)=O)cc(NC(=O)c2ccc(SC(F)(F)F)cc2)c1C. The highest BCUT2D eigenvalue weighted by Crippen LogP contribution is 2.36. The minimum atomic E-state index is -4.41. The third kappa shape index (κ3) is 5.23. The lowest BCUT2D eigenvalue weighted by atomic mass is 10.1. The Kier molecular flexibility index (Phi) is 5.69. The van der Waals surface area contributed by atoms with E-state index in [-0.39, 0.29) is 32.8 Å². The summed E-state index contributed by atoms with van der Waals surface area (Å²) in [5.41, 5.74) is -2.76. The predicted octanol–water partition coefficient (Wildman–Crippen LogP) is 3.82. The van der Waals surface area contributed by atoms with E-state index in [4.69, 9.17) is 5.14 Å². The van der Waals surface area contributed by atoms with Gasteiger partial charge in [0.2, 0.25) is 10.0 Å². The van der Waals surface area contributed by atoms with Gasteiger partial charge in [0.25, 0.3) is 5.91 Å². The van der Waals surface area contributed by atoms with Crippen LogP contribution >= 0.6 is 11.8 Å². The number of nitrogens with one attached hydrogen (secondary N) is 1. The number of anilines is 1. The Labute approximate surface area is 152 Å². The third-order valence-corrected chi connectivity index (χ3v) is 5.20. The van der Waals surface area contributed by atoms with Crippen LogP contribution in [0, 0.1) is 13.8 Å². The average Bonchev–Trinajstić information content (AvgIpc) is 2.49. The molecule has 3 N–H and O–H groups in total. The number of thioether (sulfide) groups is 1. The normalized spacial score (nSPS) is 12.1. The Balaban J connectivity index is 2.26. The van der Waals surface area contributed by atoms with Crippen molar-refractivity contribution in [3.8, 4) is 0 Å². The standard InChI is InChI=1S/C16H15F3N2O3S2/c1-9-7-13(26(20,23)24)8-14(10(9)2)21-15(22)11-3-5-12(6-4-11)25-16(17,18)19/h3-8H,1-2H3,(H,21,22)(H2,20,23,24). The number of rotatable bonds is 4. The van der Waals surface area contributed by atoms with Crippen molar-refractivity contribution in [2.75, 3.05) is 5.32 Å². The summed E-state index contributed by atoms with van der Waals surface area (Å²) < 4.78 is 60.0. The molecule has 0 bridgehead atoms. The molecular formula is C16H15F3N2O3S2. The largest absolute Gasteiger partial charge is 0.446 e. The molecule has 0 aromatic heterocycles. The number of primary sulfonamides is 1. The second-order valence-electron chi connectivity index (χ2n) is 5.48. The summed E-state index contributed by atoms with van der Waals surface area (Å²) in [6.45, 7) is 3.36. The summed E-state index contributed by atoms with van der Waals surface area (Å²) in [6, 6.07) is 7.52. The van der Waals surface area contributed by atoms with Gasteiger partial charge in [-0.15, -0.1) is 0 Å². The number of hydrogen-bond donors (Lipinski definition) is 2. The van der Waals surface area contributed by atoms with Crippen LogP contribution in [0.5, 0.6) is 0 Å². The number of alkyl halides is 3. The number of nitrogens with two attached hydrogens (primary N) is 1. The van der Waals surface area contributed by atoms with Crippen LogP contribution in [0.1, 0.15) is 21.5 Å². The highest BCUT2D eigenvalue weighted by Gasteiger charge is 2.29. The first-order valence-corrected chi connectivity index (χ1v) is 9.54. The number of carbonyl (C=O) groups is 1. The van der Waals surface area contributed by atoms with Crippen LogP contribution < -0.4 is 10.5 Å². The van der Waals surface area contributed by atoms with Crippen molar-refractivity contribution in [3.63, 3.8) is 0 Å². The molecule has 0 saturated heterocycles. The molecule has 1 amide bonds. The topological polar surface area (TPSA) is 89.3 Å². The second-order valence-corrected chi connectivity index (χ2v) is 8.18. The Bertz CT molecular complexity index is 940. The van der Waals surface area contributed by atoms with Gasteiger partial charge < -0.3 is 5.32 Å². The summed E-state index contributed by atoms with van der Waals surface area (Å²) in [6.07, 6.45) is 0. The molecule has 0 fully saturated rings. The number of carbonyl (C=O) groups excluding carboxylic acids is 1. The van der Waals surface area contributed by atoms with Gasteiger partial charge in [-0.1, -0.05) is 0 Å². The van der Waals surface area contributed by atoms with Crippen LogP contribution in [-0.4, -0.2) is 19.8 Å². The zero-order valence-electron chi connectivity index (χ0n) is 13.7. The lowest BCUT2D eigenvalue weighted by Crippen LogP contribution is -2.16. The lowest BCUT2D eigenvalue weighted by Gasteiger charge is -2.13. The Morgan fingerprint density at radius 3 is 2.19 bits per heavy atom. The fourth-order valence-electron chi connectivity index (χ4n) is 2.12. The van der Waals surface area contributed by atoms with E-state index in [1.165, 1.54) is 36.4 Å². The molecule has 0 atom stereocenters. The van der Waals surface area contributed by atoms with Gasteiger partial charge in [0.05, 0.1) is 4.90 Å². The maximum Gasteiger partial charge on any atom is 0.446 e. The first-order chi connectivity index (χ1) is 11.9. The summed E-state index contributed by atoms with van der Waals surface area (Å²) in [4.78, 5) is 12.1. The molecule has 0 saturated carbocycles. The number of benzene rings is 2. The molecular weight excluding hydrogens is 389 g/mol. The zero-order valence-corrected chi connectivity index (χ0v) is 15.3. The van der Waals surface area contributed by atoms with Gasteiger partial charge in [-0.25, -0.2) is 13.6 Å². The molecule has 0 unspecified atom stereocenters. The minimum absolute atomic E-state index is 0.0442. The Morgan fingerprint density at radius 1 is 1.12 bits per heavy atom. The molecule has 5 nitrogen and oxygen atoms in total. The van der Waals surface area contributed by atoms with Crippen LogP contribution in [0.15, 0.2) is 46.2 Å². The Hall–Kier alpha value is -2.04. The fraction of sp³-hybridized carbons (Fsp3) is 0.188. The minimum Gasteiger partial charge on any atom is -0.322 e. The molecule has 2 rings (SSSR count). The quantitative estimate of drug-likeness (QED) is 0.759. The summed E-state index contributed by atoms with van der Waals surface area (Å²) >= 11 is -0.278. The van der Waals surface area contributed by atoms with Crippen molar-refractivity contribution in [1.82, 2.24) is 0 Å². The molecule has 0 heterocycles. The van der Waals surface area contributed by atoms with E-state index in [0.29, 0.717) is 11.1 Å². The molecule has 26 heavy (non-hydrogen) atoms. The summed E-state index contributed by atoms with van der Waals surface area (Å²) in [5, 5.41) is 7.68. The van der Waals surface area contributed by atoms with Gasteiger partial charge in [-0.05, 0) is 73.1 Å². The van der Waals surface area contributed by atoms with Crippen molar-refractivity contribution in [2.45, 2.75) is 29.1 Å². The van der Waals surface area contributed by atoms with E-state index in [1.54, 1.807) is 13.8 Å². The van der Waals surface area contributed by atoms with E-state index in [2.05, 4.69) is 5.32 Å². The molecule has 0 aliphatic heterocycles. The lowest BCUT2D eigenvalue weighted by molar-refractivity contribution is -0.0328. The fourth-order valence-corrected chi connectivity index (χ4v) is 3.29. The molecule has 2 aromatic carbocycles. The van der Waals surface area contributed by atoms with Crippen LogP contribution in [-0.2, 0) is 10.0 Å². The van der Waals surface area contributed by atoms with Gasteiger partial charge in [0.1, 0.15) is 0 Å². The first kappa shape index (κ1) is 20.3. The van der Waals surface area contributed by atoms with Gasteiger partial charge in [-0.2, -0.15) is 13.2 Å². The second kappa shape index (κ2) is 7.29. The average molecular weight is 404 g/mol. The smallest absolute Gasteiger partial charge is 0.322 e. The highest BCUT2D eigenvalue weighted by atomic mass is 32.2. The third-order valence-electron chi connectivity index (χ3n) is 3.57. The number of hydrogen-bond acceptors (Lipinski definition) is 4. The van der Waals surface area contributed by atoms with Gasteiger partial charge in [0.15, 0.2) is 0 Å². The summed E-state index contributed by atoms with van der Waals surface area (Å²) in [5.74, 6) is -0.581. The monoisotopic (exact) mass is 404 g/mol. The zero-order chi connectivity index (χ0) is 19.7. The van der Waals surface area contributed by atoms with Crippen LogP contribution in [0.2, 0.25) is 0 Å². The molecule has 140 valence electrons. The first-order valence-electron chi connectivity index (χ1n) is 7.18. The van der Waals surface area contributed by atoms with Crippen LogP contribution in [0.3, 0.4) is 0 Å². The van der Waals surface area contributed by atoms with Crippen LogP contribution in [0.4, 0.5) is 18.9 Å². The summed E-state index contributed by atoms with van der Waals surface area (Å²) in [7, 11) is -3.95. The van der Waals surface area contributed by atoms with E-state index in [9.17, 15) is 26.4 Å². The van der Waals surface area contributed by atoms with Crippen molar-refractivity contribution in [2.24, 2.45) is 5.14 Å². The van der Waals surface area contributed by atoms with E-state index in [0.717, 1.165) is 0 Å². The van der Waals surface area contributed by atoms with Crippen molar-refractivity contribution in [3.05, 3.63) is 53.1 Å². The van der Waals surface area contributed by atoms with Crippen LogP contribution in [0.25, 0.3) is 0 Å². The molecule has 0 aliphatic carbocycles. The molecule has 10 heteroatoms. The predicted molar refractivity (Wildman–Crippen MR) is 93.6 cm³/mol. The maximum atomic E-state index is 12.3. The van der Waals surface area contributed by atoms with E-state index < -0.39 is 21.4 Å². The van der Waals surface area contributed by atoms with Gasteiger partial charge >= 0.3 is 5.51 Å². The maximum absolute atomic E-state index is 12.3. The number of sulfonamides is 1. The number of aryl methyl sites for hydroxylation is 1. The van der Waals surface area contributed by atoms with E-state index >= 15 is 0 Å². The molecule has 0 radical (unpaired) electrons. The van der Waals surface area contributed by atoms with Gasteiger partial charge in [-0.3, -0.25) is 4.79 Å². The number of halogens is 3. The Morgan fingerprint density at radius 2 is 1.69 bits per heavy atom. The van der Waals surface area contributed by atoms with Crippen molar-refractivity contribution < 1.29 is 26.4 Å². The number of amides is 1. The van der Waals surface area contributed by atoms with Crippen molar-refractivity contribution in [1.29, 1.82) is 0 Å². The molecule has 0 aliphatic rings. The van der Waals surface area contributed by atoms with E-state index in [1.807, 2.05) is 0 Å². The molecule has 0 spiro atoms. The van der Waals surface area contributed by atoms with Gasteiger partial charge in [0, 0.05) is 16.1 Å². The molecule has 2 aromatic rings.